The number of carbonyl (C=O) groups is 1. The van der Waals surface area contributed by atoms with E-state index < -0.39 is 11.7 Å². The van der Waals surface area contributed by atoms with Gasteiger partial charge < -0.3 is 5.32 Å². The zero-order chi connectivity index (χ0) is 22.6. The molecule has 1 saturated heterocycles. The van der Waals surface area contributed by atoms with E-state index in [2.05, 4.69) is 15.4 Å². The van der Waals surface area contributed by atoms with Gasteiger partial charge in [-0.2, -0.15) is 18.3 Å². The lowest BCUT2D eigenvalue weighted by Crippen LogP contribution is -2.19. The molecule has 31 heavy (non-hydrogen) atoms. The van der Waals surface area contributed by atoms with Gasteiger partial charge in [-0.15, -0.1) is 0 Å². The average molecular weight is 449 g/mol. The fourth-order valence-electron chi connectivity index (χ4n) is 2.84. The maximum Gasteiger partial charge on any atom is 0.412 e. The van der Waals surface area contributed by atoms with Gasteiger partial charge in [-0.05, 0) is 55.8 Å². The lowest BCUT2D eigenvalue weighted by molar-refractivity contribution is -0.115. The molecule has 1 amide bonds. The van der Waals surface area contributed by atoms with Gasteiger partial charge in [-0.1, -0.05) is 30.7 Å². The molecule has 0 atom stereocenters. The average Bonchev–Trinajstić information content (AvgIpc) is 3.26. The molecule has 0 bridgehead atoms. The zero-order valence-electron chi connectivity index (χ0n) is 17.5. The molecule has 3 rings (SSSR count). The minimum atomic E-state index is -4.32. The molecule has 0 saturated carbocycles. The van der Waals surface area contributed by atoms with Crippen molar-refractivity contribution in [2.45, 2.75) is 39.9 Å². The number of thioether (sulfide) groups is 1. The highest BCUT2D eigenvalue weighted by molar-refractivity contribution is 8.18. The molecule has 1 N–H and O–H groups in total. The number of amides is 1. The summed E-state index contributed by atoms with van der Waals surface area (Å²) in [6, 6.07) is 5.70. The first-order chi connectivity index (χ1) is 14.7. The number of halogens is 3. The molecule has 2 heterocycles. The summed E-state index contributed by atoms with van der Waals surface area (Å²) in [5, 5.41) is 8.61. The van der Waals surface area contributed by atoms with Crippen LogP contribution >= 0.6 is 11.8 Å². The minimum Gasteiger partial charge on any atom is -0.301 e. The summed E-state index contributed by atoms with van der Waals surface area (Å²) < 4.78 is 39.6. The van der Waals surface area contributed by atoms with Crippen LogP contribution in [0.5, 0.6) is 0 Å². The molecule has 1 fully saturated rings. The number of allylic oxidation sites excluding steroid dienone is 4. The van der Waals surface area contributed by atoms with E-state index in [9.17, 15) is 18.0 Å². The Hall–Kier alpha value is -2.81. The van der Waals surface area contributed by atoms with Crippen LogP contribution in [-0.4, -0.2) is 33.6 Å². The second-order valence-electron chi connectivity index (χ2n) is 7.23. The van der Waals surface area contributed by atoms with E-state index in [4.69, 9.17) is 0 Å². The molecule has 0 spiro atoms. The van der Waals surface area contributed by atoms with Gasteiger partial charge >= 0.3 is 6.18 Å². The van der Waals surface area contributed by atoms with Crippen molar-refractivity contribution in [3.63, 3.8) is 0 Å². The molecule has 164 valence electrons. The van der Waals surface area contributed by atoms with Crippen LogP contribution in [0.25, 0.3) is 17.0 Å². The Morgan fingerprint density at radius 2 is 2.06 bits per heavy atom. The van der Waals surface area contributed by atoms with Gasteiger partial charge in [0.25, 0.3) is 5.91 Å². The molecular weight excluding hydrogens is 425 g/mol. The highest BCUT2D eigenvalue weighted by Gasteiger charge is 2.29. The second kappa shape index (κ2) is 9.55. The van der Waals surface area contributed by atoms with Crippen LogP contribution < -0.4 is 5.32 Å². The predicted molar refractivity (Wildman–Crippen MR) is 120 cm³/mol. The minimum absolute atomic E-state index is 0.168. The van der Waals surface area contributed by atoms with E-state index in [1.165, 1.54) is 17.8 Å². The summed E-state index contributed by atoms with van der Waals surface area (Å²) in [5.41, 5.74) is 1.82. The SMILES string of the molecule is CCCN=C1NC(=O)C(=Cc2ccc3c(cnn3CC(C)=CC=C(C)C(F)(F)F)c2)S1. The summed E-state index contributed by atoms with van der Waals surface area (Å²) in [6.45, 7) is 5.88. The number of hydrogen-bond acceptors (Lipinski definition) is 4. The first-order valence-electron chi connectivity index (χ1n) is 9.79. The lowest BCUT2D eigenvalue weighted by atomic mass is 10.1. The Balaban J connectivity index is 1.77. The first kappa shape index (κ1) is 22.9. The number of carbonyl (C=O) groups excluding carboxylic acids is 1. The molecule has 1 aliphatic heterocycles. The molecule has 0 unspecified atom stereocenters. The van der Waals surface area contributed by atoms with Gasteiger partial charge in [0.05, 0.1) is 23.2 Å². The molecule has 1 aromatic heterocycles. The van der Waals surface area contributed by atoms with Crippen molar-refractivity contribution in [1.82, 2.24) is 15.1 Å². The number of rotatable bonds is 6. The molecule has 1 aromatic carbocycles. The van der Waals surface area contributed by atoms with Gasteiger partial charge in [0, 0.05) is 17.5 Å². The van der Waals surface area contributed by atoms with Gasteiger partial charge in [0.15, 0.2) is 5.17 Å². The quantitative estimate of drug-likeness (QED) is 0.472. The van der Waals surface area contributed by atoms with Crippen LogP contribution in [0, 0.1) is 0 Å². The summed E-state index contributed by atoms with van der Waals surface area (Å²) in [5.74, 6) is -0.168. The maximum absolute atomic E-state index is 12.6. The van der Waals surface area contributed by atoms with Crippen molar-refractivity contribution in [2.75, 3.05) is 6.54 Å². The van der Waals surface area contributed by atoms with Crippen molar-refractivity contribution in [3.05, 3.63) is 58.2 Å². The Morgan fingerprint density at radius 3 is 2.77 bits per heavy atom. The maximum atomic E-state index is 12.6. The number of amidine groups is 1. The molecule has 9 heteroatoms. The standard InChI is InChI=1S/C22H23F3N4OS/c1-4-9-26-21-28-20(30)19(31-21)11-16-7-8-18-17(10-16)12-27-29(18)13-14(2)5-6-15(3)22(23,24)25/h5-8,10-12H,4,9,13H2,1-3H3,(H,26,28,30). The summed E-state index contributed by atoms with van der Waals surface area (Å²) in [7, 11) is 0. The van der Waals surface area contributed by atoms with Gasteiger partial charge in [-0.25, -0.2) is 0 Å². The summed E-state index contributed by atoms with van der Waals surface area (Å²) >= 11 is 1.32. The van der Waals surface area contributed by atoms with E-state index in [1.54, 1.807) is 23.9 Å². The lowest BCUT2D eigenvalue weighted by Gasteiger charge is -2.06. The Bertz CT molecular complexity index is 1110. The van der Waals surface area contributed by atoms with Crippen LogP contribution in [0.3, 0.4) is 0 Å². The van der Waals surface area contributed by atoms with E-state index >= 15 is 0 Å². The topological polar surface area (TPSA) is 59.3 Å². The highest BCUT2D eigenvalue weighted by Crippen LogP contribution is 2.28. The first-order valence-corrected chi connectivity index (χ1v) is 10.6. The van der Waals surface area contributed by atoms with E-state index in [-0.39, 0.29) is 5.91 Å². The van der Waals surface area contributed by atoms with Gasteiger partial charge in [-0.3, -0.25) is 14.5 Å². The fourth-order valence-corrected chi connectivity index (χ4v) is 3.68. The summed E-state index contributed by atoms with van der Waals surface area (Å²) in [6.07, 6.45) is 2.64. The largest absolute Gasteiger partial charge is 0.412 e. The highest BCUT2D eigenvalue weighted by atomic mass is 32.2. The van der Waals surface area contributed by atoms with Crippen molar-refractivity contribution in [3.8, 4) is 0 Å². The van der Waals surface area contributed by atoms with Crippen LogP contribution in [-0.2, 0) is 11.3 Å². The van der Waals surface area contributed by atoms with Crippen molar-refractivity contribution < 1.29 is 18.0 Å². The van der Waals surface area contributed by atoms with Crippen molar-refractivity contribution in [2.24, 2.45) is 4.99 Å². The van der Waals surface area contributed by atoms with E-state index in [0.717, 1.165) is 41.5 Å². The van der Waals surface area contributed by atoms with Crippen LogP contribution in [0.15, 0.2) is 57.6 Å². The molecule has 2 aromatic rings. The number of hydrogen-bond donors (Lipinski definition) is 1. The second-order valence-corrected chi connectivity index (χ2v) is 8.26. The summed E-state index contributed by atoms with van der Waals surface area (Å²) in [4.78, 5) is 17.0. The number of aliphatic imine (C=N–C) groups is 1. The van der Waals surface area contributed by atoms with Crippen LogP contribution in [0.4, 0.5) is 13.2 Å². The number of aromatic nitrogens is 2. The Morgan fingerprint density at radius 1 is 1.29 bits per heavy atom. The fraction of sp³-hybridized carbons (Fsp3) is 0.318. The van der Waals surface area contributed by atoms with Gasteiger partial charge in [0.1, 0.15) is 0 Å². The number of alkyl halides is 3. The number of fused-ring (bicyclic) bond motifs is 1. The van der Waals surface area contributed by atoms with Crippen LogP contribution in [0.1, 0.15) is 32.8 Å². The van der Waals surface area contributed by atoms with Crippen molar-refractivity contribution in [1.29, 1.82) is 0 Å². The van der Waals surface area contributed by atoms with Crippen molar-refractivity contribution >= 4 is 39.8 Å². The molecule has 0 radical (unpaired) electrons. The monoisotopic (exact) mass is 448 g/mol. The third-order valence-corrected chi connectivity index (χ3v) is 5.51. The zero-order valence-corrected chi connectivity index (χ0v) is 18.3. The normalized spacial score (nSPS) is 18.5. The van der Waals surface area contributed by atoms with Crippen LogP contribution in [0.2, 0.25) is 0 Å². The Labute approximate surface area is 182 Å². The van der Waals surface area contributed by atoms with Gasteiger partial charge in [0.2, 0.25) is 0 Å². The number of nitrogens with one attached hydrogen (secondary N) is 1. The molecule has 0 aliphatic carbocycles. The molecule has 5 nitrogen and oxygen atoms in total. The third-order valence-electron chi connectivity index (χ3n) is 4.56. The Kier molecular flexibility index (Phi) is 7.04. The molecule has 1 aliphatic rings. The predicted octanol–water partition coefficient (Wildman–Crippen LogP) is 5.46. The third kappa shape index (κ3) is 5.88. The number of benzene rings is 1. The van der Waals surface area contributed by atoms with E-state index in [0.29, 0.717) is 23.2 Å². The van der Waals surface area contributed by atoms with E-state index in [1.807, 2.05) is 25.1 Å². The smallest absolute Gasteiger partial charge is 0.301 e. The molecular formula is C22H23F3N4OS. The number of nitrogens with zero attached hydrogens (tertiary/aromatic N) is 3.